The first-order chi connectivity index (χ1) is 6.29. The molecule has 0 spiro atoms. The fourth-order valence-electron chi connectivity index (χ4n) is 1.43. The lowest BCUT2D eigenvalue weighted by molar-refractivity contribution is -0.112. The second-order valence-electron chi connectivity index (χ2n) is 3.11. The highest BCUT2D eigenvalue weighted by atomic mass is 16.5. The second kappa shape index (κ2) is 4.85. The van der Waals surface area contributed by atoms with Crippen molar-refractivity contribution in [3.63, 3.8) is 0 Å². The van der Waals surface area contributed by atoms with E-state index in [-0.39, 0.29) is 5.78 Å². The fourth-order valence-corrected chi connectivity index (χ4v) is 1.43. The molecule has 1 aliphatic rings. The van der Waals surface area contributed by atoms with Gasteiger partial charge in [-0.1, -0.05) is 13.0 Å². The van der Waals surface area contributed by atoms with E-state index in [9.17, 15) is 4.79 Å². The normalized spacial score (nSPS) is 17.7. The lowest BCUT2D eigenvalue weighted by atomic mass is 9.98. The monoisotopic (exact) mass is 180 g/mol. The van der Waals surface area contributed by atoms with Crippen molar-refractivity contribution in [3.05, 3.63) is 23.5 Å². The van der Waals surface area contributed by atoms with Crippen LogP contribution in [0, 0.1) is 0 Å². The van der Waals surface area contributed by atoms with Crippen molar-refractivity contribution in [2.24, 2.45) is 0 Å². The van der Waals surface area contributed by atoms with Crippen molar-refractivity contribution in [2.45, 2.75) is 33.1 Å². The van der Waals surface area contributed by atoms with E-state index in [0.717, 1.165) is 37.0 Å². The van der Waals surface area contributed by atoms with E-state index in [1.807, 2.05) is 19.9 Å². The molecular formula is C11H16O2. The molecule has 2 nitrogen and oxygen atoms in total. The van der Waals surface area contributed by atoms with Crippen LogP contribution in [0.4, 0.5) is 0 Å². The lowest BCUT2D eigenvalue weighted by Gasteiger charge is -2.13. The zero-order valence-corrected chi connectivity index (χ0v) is 8.30. The molecule has 2 heteroatoms. The predicted octanol–water partition coefficient (Wildman–Crippen LogP) is 2.61. The minimum absolute atomic E-state index is 0.157. The van der Waals surface area contributed by atoms with Crippen LogP contribution in [0.25, 0.3) is 0 Å². The maximum absolute atomic E-state index is 11.7. The summed E-state index contributed by atoms with van der Waals surface area (Å²) in [5, 5.41) is 0. The molecule has 1 heterocycles. The molecule has 72 valence electrons. The van der Waals surface area contributed by atoms with Gasteiger partial charge in [-0.05, 0) is 31.8 Å². The number of rotatable bonds is 3. The molecule has 13 heavy (non-hydrogen) atoms. The first-order valence-corrected chi connectivity index (χ1v) is 4.80. The number of Topliss-reactive ketones (excluding diaryl/α,β-unsaturated/α-hetero) is 1. The van der Waals surface area contributed by atoms with Crippen LogP contribution in [0.15, 0.2) is 23.5 Å². The maximum atomic E-state index is 11.7. The third-order valence-electron chi connectivity index (χ3n) is 2.25. The Bertz CT molecular complexity index is 249. The number of ether oxygens (including phenoxy) is 1. The topological polar surface area (TPSA) is 26.3 Å². The average Bonchev–Trinajstić information content (AvgIpc) is 2.21. The van der Waals surface area contributed by atoms with Gasteiger partial charge in [-0.25, -0.2) is 0 Å². The molecule has 0 aromatic carbocycles. The molecule has 0 unspecified atom stereocenters. The zero-order chi connectivity index (χ0) is 9.68. The van der Waals surface area contributed by atoms with Crippen molar-refractivity contribution in [2.75, 3.05) is 6.61 Å². The molecule has 0 fully saturated rings. The summed E-state index contributed by atoms with van der Waals surface area (Å²) in [6.45, 7) is 4.65. The summed E-state index contributed by atoms with van der Waals surface area (Å²) in [6, 6.07) is 0. The molecule has 0 aliphatic carbocycles. The summed E-state index contributed by atoms with van der Waals surface area (Å²) in [4.78, 5) is 11.7. The van der Waals surface area contributed by atoms with E-state index in [1.54, 1.807) is 6.26 Å². The van der Waals surface area contributed by atoms with E-state index in [1.165, 1.54) is 0 Å². The van der Waals surface area contributed by atoms with Gasteiger partial charge in [0.2, 0.25) is 0 Å². The van der Waals surface area contributed by atoms with Gasteiger partial charge < -0.3 is 4.74 Å². The smallest absolute Gasteiger partial charge is 0.187 e. The van der Waals surface area contributed by atoms with Gasteiger partial charge in [-0.3, -0.25) is 4.79 Å². The van der Waals surface area contributed by atoms with Crippen LogP contribution in [0.5, 0.6) is 0 Å². The molecule has 0 aromatic heterocycles. The molecule has 0 bridgehead atoms. The molecule has 0 N–H and O–H groups in total. The number of hydrogen-bond acceptors (Lipinski definition) is 2. The van der Waals surface area contributed by atoms with Gasteiger partial charge in [0, 0.05) is 5.57 Å². The van der Waals surface area contributed by atoms with Crippen LogP contribution in [0.1, 0.15) is 33.1 Å². The van der Waals surface area contributed by atoms with Gasteiger partial charge in [-0.2, -0.15) is 0 Å². The predicted molar refractivity (Wildman–Crippen MR) is 52.3 cm³/mol. The van der Waals surface area contributed by atoms with Crippen LogP contribution in [0.2, 0.25) is 0 Å². The van der Waals surface area contributed by atoms with Crippen LogP contribution in [-0.4, -0.2) is 12.4 Å². The quantitative estimate of drug-likeness (QED) is 0.624. The van der Waals surface area contributed by atoms with E-state index in [4.69, 9.17) is 4.74 Å². The van der Waals surface area contributed by atoms with Gasteiger partial charge >= 0.3 is 0 Å². The Morgan fingerprint density at radius 1 is 1.69 bits per heavy atom. The SMILES string of the molecule is CC=C(CC)C(=O)C1=COCCC1. The number of ketones is 1. The Labute approximate surface area is 79.3 Å². The molecule has 1 aliphatic heterocycles. The highest BCUT2D eigenvalue weighted by molar-refractivity contribution is 6.07. The van der Waals surface area contributed by atoms with Crippen molar-refractivity contribution < 1.29 is 9.53 Å². The molecule has 0 aromatic rings. The second-order valence-corrected chi connectivity index (χ2v) is 3.11. The van der Waals surface area contributed by atoms with E-state index in [2.05, 4.69) is 0 Å². The van der Waals surface area contributed by atoms with Gasteiger partial charge in [0.15, 0.2) is 5.78 Å². The zero-order valence-electron chi connectivity index (χ0n) is 8.30. The molecule has 1 rings (SSSR count). The molecule has 0 saturated carbocycles. The van der Waals surface area contributed by atoms with Gasteiger partial charge in [-0.15, -0.1) is 0 Å². The Kier molecular flexibility index (Phi) is 3.74. The maximum Gasteiger partial charge on any atom is 0.187 e. The number of allylic oxidation sites excluding steroid dienone is 3. The summed E-state index contributed by atoms with van der Waals surface area (Å²) in [7, 11) is 0. The summed E-state index contributed by atoms with van der Waals surface area (Å²) in [5.41, 5.74) is 1.71. The van der Waals surface area contributed by atoms with Crippen molar-refractivity contribution in [1.29, 1.82) is 0 Å². The first-order valence-electron chi connectivity index (χ1n) is 4.80. The molecule has 0 radical (unpaired) electrons. The Morgan fingerprint density at radius 2 is 2.46 bits per heavy atom. The van der Waals surface area contributed by atoms with Gasteiger partial charge in [0.05, 0.1) is 12.9 Å². The van der Waals surface area contributed by atoms with Crippen LogP contribution in [-0.2, 0) is 9.53 Å². The van der Waals surface area contributed by atoms with Crippen LogP contribution in [0.3, 0.4) is 0 Å². The molecule has 0 saturated heterocycles. The molecular weight excluding hydrogens is 164 g/mol. The number of carbonyl (C=O) groups is 1. The van der Waals surface area contributed by atoms with Gasteiger partial charge in [0.25, 0.3) is 0 Å². The summed E-state index contributed by atoms with van der Waals surface area (Å²) >= 11 is 0. The van der Waals surface area contributed by atoms with E-state index >= 15 is 0 Å². The Hall–Kier alpha value is -1.05. The summed E-state index contributed by atoms with van der Waals surface area (Å²) in [6.07, 6.45) is 6.11. The average molecular weight is 180 g/mol. The summed E-state index contributed by atoms with van der Waals surface area (Å²) < 4.78 is 5.13. The molecule has 0 atom stereocenters. The third-order valence-corrected chi connectivity index (χ3v) is 2.25. The fraction of sp³-hybridized carbons (Fsp3) is 0.545. The Morgan fingerprint density at radius 3 is 2.92 bits per heavy atom. The third kappa shape index (κ3) is 2.44. The minimum atomic E-state index is 0.157. The highest BCUT2D eigenvalue weighted by Crippen LogP contribution is 2.17. The van der Waals surface area contributed by atoms with Crippen LogP contribution >= 0.6 is 0 Å². The summed E-state index contributed by atoms with van der Waals surface area (Å²) in [5.74, 6) is 0.157. The molecule has 0 amide bonds. The first kappa shape index (κ1) is 10.0. The van der Waals surface area contributed by atoms with Crippen molar-refractivity contribution in [1.82, 2.24) is 0 Å². The van der Waals surface area contributed by atoms with E-state index in [0.29, 0.717) is 0 Å². The standard InChI is InChI=1S/C11H16O2/c1-3-9(4-2)11(12)10-6-5-7-13-8-10/h3,8H,4-7H2,1-2H3. The van der Waals surface area contributed by atoms with Crippen molar-refractivity contribution in [3.8, 4) is 0 Å². The highest BCUT2D eigenvalue weighted by Gasteiger charge is 2.15. The van der Waals surface area contributed by atoms with E-state index < -0.39 is 0 Å². The number of hydrogen-bond donors (Lipinski definition) is 0. The number of carbonyl (C=O) groups excluding carboxylic acids is 1. The largest absolute Gasteiger partial charge is 0.501 e. The van der Waals surface area contributed by atoms with Crippen LogP contribution < -0.4 is 0 Å². The lowest BCUT2D eigenvalue weighted by Crippen LogP contribution is -2.10. The van der Waals surface area contributed by atoms with Crippen molar-refractivity contribution >= 4 is 5.78 Å². The Balaban J connectivity index is 2.71. The van der Waals surface area contributed by atoms with Gasteiger partial charge in [0.1, 0.15) is 0 Å². The minimum Gasteiger partial charge on any atom is -0.501 e.